The molecule has 1 saturated heterocycles. The van der Waals surface area contributed by atoms with Gasteiger partial charge in [-0.15, -0.1) is 0 Å². The summed E-state index contributed by atoms with van der Waals surface area (Å²) in [6.07, 6.45) is 2.37. The van der Waals surface area contributed by atoms with E-state index in [4.69, 9.17) is 4.74 Å². The maximum Gasteiger partial charge on any atom is 0.266 e. The van der Waals surface area contributed by atoms with E-state index in [0.717, 1.165) is 30.0 Å². The van der Waals surface area contributed by atoms with Gasteiger partial charge in [0, 0.05) is 25.7 Å². The van der Waals surface area contributed by atoms with Crippen LogP contribution in [0.15, 0.2) is 41.3 Å². The zero-order valence-electron chi connectivity index (χ0n) is 14.2. The first-order valence-electron chi connectivity index (χ1n) is 8.45. The summed E-state index contributed by atoms with van der Waals surface area (Å²) in [5.74, 6) is 0.750. The molecule has 3 rings (SSSR count). The van der Waals surface area contributed by atoms with E-state index < -0.39 is 0 Å². The lowest BCUT2D eigenvalue weighted by molar-refractivity contribution is -0.124. The highest BCUT2D eigenvalue weighted by Gasteiger charge is 2.28. The van der Waals surface area contributed by atoms with E-state index >= 15 is 0 Å². The summed E-state index contributed by atoms with van der Waals surface area (Å²) in [5, 5.41) is 9.15. The number of carbonyl (C=O) groups excluding carboxylic acids is 1. The fraction of sp³-hybridized carbons (Fsp3) is 0.389. The SMILES string of the molecule is CCOc1cccc(CNC(=O)[C@H]2CCN(c3cn[nH]c(=O)c3)C2)c1. The Morgan fingerprint density at radius 3 is 3.12 bits per heavy atom. The van der Waals surface area contributed by atoms with E-state index in [1.807, 2.05) is 36.1 Å². The molecular weight excluding hydrogens is 320 g/mol. The summed E-state index contributed by atoms with van der Waals surface area (Å²) in [4.78, 5) is 25.8. The molecule has 1 atom stereocenters. The number of amides is 1. The molecule has 2 aromatic rings. The lowest BCUT2D eigenvalue weighted by Crippen LogP contribution is -2.32. The van der Waals surface area contributed by atoms with E-state index in [0.29, 0.717) is 19.7 Å². The predicted molar refractivity (Wildman–Crippen MR) is 94.6 cm³/mol. The molecule has 132 valence electrons. The Labute approximate surface area is 146 Å². The number of aromatic nitrogens is 2. The number of aromatic amines is 1. The van der Waals surface area contributed by atoms with Gasteiger partial charge >= 0.3 is 0 Å². The monoisotopic (exact) mass is 342 g/mol. The second-order valence-corrected chi connectivity index (χ2v) is 6.03. The first-order chi connectivity index (χ1) is 12.2. The van der Waals surface area contributed by atoms with Gasteiger partial charge in [-0.05, 0) is 31.0 Å². The van der Waals surface area contributed by atoms with Gasteiger partial charge in [-0.3, -0.25) is 9.59 Å². The molecule has 1 aromatic heterocycles. The van der Waals surface area contributed by atoms with E-state index in [1.54, 1.807) is 6.20 Å². The quantitative estimate of drug-likeness (QED) is 0.826. The van der Waals surface area contributed by atoms with Crippen molar-refractivity contribution in [2.24, 2.45) is 5.92 Å². The maximum absolute atomic E-state index is 12.4. The standard InChI is InChI=1S/C18H22N4O3/c1-2-25-16-5-3-4-13(8-16)10-19-18(24)14-6-7-22(12-14)15-9-17(23)21-20-11-15/h3-5,8-9,11,14H,2,6-7,10,12H2,1H3,(H,19,24)(H,21,23)/t14-/m0/s1. The largest absolute Gasteiger partial charge is 0.494 e. The molecule has 7 heteroatoms. The lowest BCUT2D eigenvalue weighted by atomic mass is 10.1. The van der Waals surface area contributed by atoms with Crippen molar-refractivity contribution in [1.82, 2.24) is 15.5 Å². The van der Waals surface area contributed by atoms with Gasteiger partial charge in [-0.1, -0.05) is 12.1 Å². The van der Waals surface area contributed by atoms with E-state index in [2.05, 4.69) is 15.5 Å². The molecule has 0 saturated carbocycles. The number of hydrogen-bond donors (Lipinski definition) is 2. The molecule has 25 heavy (non-hydrogen) atoms. The van der Waals surface area contributed by atoms with Crippen LogP contribution in [0.3, 0.4) is 0 Å². The van der Waals surface area contributed by atoms with Gasteiger partial charge in [0.15, 0.2) is 0 Å². The molecule has 1 aromatic carbocycles. The Kier molecular flexibility index (Phi) is 5.33. The molecular formula is C18H22N4O3. The van der Waals surface area contributed by atoms with E-state index in [9.17, 15) is 9.59 Å². The van der Waals surface area contributed by atoms with Crippen molar-refractivity contribution >= 4 is 11.6 Å². The van der Waals surface area contributed by atoms with Crippen LogP contribution in [0.5, 0.6) is 5.75 Å². The molecule has 2 N–H and O–H groups in total. The molecule has 0 radical (unpaired) electrons. The minimum atomic E-state index is -0.236. The highest BCUT2D eigenvalue weighted by Crippen LogP contribution is 2.22. The lowest BCUT2D eigenvalue weighted by Gasteiger charge is -2.17. The summed E-state index contributed by atoms with van der Waals surface area (Å²) < 4.78 is 5.47. The highest BCUT2D eigenvalue weighted by molar-refractivity contribution is 5.80. The number of rotatable bonds is 6. The van der Waals surface area contributed by atoms with Gasteiger partial charge in [-0.25, -0.2) is 5.10 Å². The van der Waals surface area contributed by atoms with Crippen LogP contribution in [-0.4, -0.2) is 35.8 Å². The number of anilines is 1. The Bertz CT molecular complexity index is 790. The molecule has 1 aliphatic rings. The first kappa shape index (κ1) is 17.0. The first-order valence-corrected chi connectivity index (χ1v) is 8.45. The van der Waals surface area contributed by atoms with Gasteiger partial charge < -0.3 is 15.0 Å². The molecule has 1 fully saturated rings. The third kappa shape index (κ3) is 4.37. The number of ether oxygens (including phenoxy) is 1. The Morgan fingerprint density at radius 2 is 2.32 bits per heavy atom. The molecule has 1 amide bonds. The van der Waals surface area contributed by atoms with Gasteiger partial charge in [0.05, 0.1) is 24.4 Å². The normalized spacial score (nSPS) is 16.7. The second kappa shape index (κ2) is 7.83. The van der Waals surface area contributed by atoms with E-state index in [-0.39, 0.29) is 17.4 Å². The van der Waals surface area contributed by atoms with Gasteiger partial charge in [0.1, 0.15) is 5.75 Å². The summed E-state index contributed by atoms with van der Waals surface area (Å²) in [7, 11) is 0. The van der Waals surface area contributed by atoms with Crippen molar-refractivity contribution in [3.8, 4) is 5.75 Å². The average Bonchev–Trinajstić information content (AvgIpc) is 3.11. The number of nitrogens with zero attached hydrogens (tertiary/aromatic N) is 2. The Balaban J connectivity index is 1.54. The van der Waals surface area contributed by atoms with Crippen LogP contribution in [0.1, 0.15) is 18.9 Å². The minimum Gasteiger partial charge on any atom is -0.494 e. The molecule has 1 aliphatic heterocycles. The summed E-state index contributed by atoms with van der Waals surface area (Å²) in [6, 6.07) is 9.23. The molecule has 0 spiro atoms. The topological polar surface area (TPSA) is 87.3 Å². The van der Waals surface area contributed by atoms with Crippen LogP contribution in [0.25, 0.3) is 0 Å². The van der Waals surface area contributed by atoms with Crippen molar-refractivity contribution in [1.29, 1.82) is 0 Å². The third-order valence-corrected chi connectivity index (χ3v) is 4.25. The van der Waals surface area contributed by atoms with Crippen LogP contribution < -0.4 is 20.5 Å². The van der Waals surface area contributed by atoms with Crippen molar-refractivity contribution in [3.63, 3.8) is 0 Å². The number of H-pyrrole nitrogens is 1. The minimum absolute atomic E-state index is 0.0297. The van der Waals surface area contributed by atoms with E-state index in [1.165, 1.54) is 6.07 Å². The average molecular weight is 342 g/mol. The number of carbonyl (C=O) groups is 1. The fourth-order valence-corrected chi connectivity index (χ4v) is 2.99. The fourth-order valence-electron chi connectivity index (χ4n) is 2.99. The number of benzene rings is 1. The smallest absolute Gasteiger partial charge is 0.266 e. The Morgan fingerprint density at radius 1 is 1.44 bits per heavy atom. The van der Waals surface area contributed by atoms with Crippen LogP contribution in [0.2, 0.25) is 0 Å². The van der Waals surface area contributed by atoms with Crippen LogP contribution in [-0.2, 0) is 11.3 Å². The molecule has 0 aliphatic carbocycles. The van der Waals surface area contributed by atoms with Crippen molar-refractivity contribution in [2.75, 3.05) is 24.6 Å². The van der Waals surface area contributed by atoms with Crippen molar-refractivity contribution < 1.29 is 9.53 Å². The zero-order chi connectivity index (χ0) is 17.6. The van der Waals surface area contributed by atoms with Crippen LogP contribution in [0.4, 0.5) is 5.69 Å². The van der Waals surface area contributed by atoms with Gasteiger partial charge in [-0.2, -0.15) is 5.10 Å². The third-order valence-electron chi connectivity index (χ3n) is 4.25. The molecule has 0 bridgehead atoms. The second-order valence-electron chi connectivity index (χ2n) is 6.03. The Hall–Kier alpha value is -2.83. The number of nitrogens with one attached hydrogen (secondary N) is 2. The summed E-state index contributed by atoms with van der Waals surface area (Å²) >= 11 is 0. The van der Waals surface area contributed by atoms with Gasteiger partial charge in [0.2, 0.25) is 5.91 Å². The van der Waals surface area contributed by atoms with Gasteiger partial charge in [0.25, 0.3) is 5.56 Å². The predicted octanol–water partition coefficient (Wildman–Crippen LogP) is 1.31. The number of hydrogen-bond acceptors (Lipinski definition) is 5. The molecule has 7 nitrogen and oxygen atoms in total. The summed E-state index contributed by atoms with van der Waals surface area (Å²) in [5.41, 5.74) is 1.52. The van der Waals surface area contributed by atoms with Crippen LogP contribution >= 0.6 is 0 Å². The van der Waals surface area contributed by atoms with Crippen LogP contribution in [0, 0.1) is 5.92 Å². The summed E-state index contributed by atoms with van der Waals surface area (Å²) in [6.45, 7) is 4.36. The highest BCUT2D eigenvalue weighted by atomic mass is 16.5. The van der Waals surface area contributed by atoms with Crippen molar-refractivity contribution in [2.45, 2.75) is 19.9 Å². The molecule has 2 heterocycles. The van der Waals surface area contributed by atoms with Crippen molar-refractivity contribution in [3.05, 3.63) is 52.4 Å². The molecule has 0 unspecified atom stereocenters. The maximum atomic E-state index is 12.4. The zero-order valence-corrected chi connectivity index (χ0v) is 14.2.